The molecule has 5 aliphatic heterocycles. The summed E-state index contributed by atoms with van der Waals surface area (Å²) in [5.74, 6) is -0.369. The Bertz CT molecular complexity index is 2280. The smallest absolute Gasteiger partial charge is 0.419 e. The molecule has 4 saturated heterocycles. The second-order valence-corrected chi connectivity index (χ2v) is 18.1. The lowest BCUT2D eigenvalue weighted by Crippen LogP contribution is -2.52. The first-order valence-corrected chi connectivity index (χ1v) is 23.1. The highest BCUT2D eigenvalue weighted by Gasteiger charge is 2.38. The van der Waals surface area contributed by atoms with Crippen molar-refractivity contribution in [3.8, 4) is 0 Å². The van der Waals surface area contributed by atoms with Gasteiger partial charge in [0.25, 0.3) is 5.91 Å². The number of fused-ring (bicyclic) bond motifs is 2. The van der Waals surface area contributed by atoms with E-state index in [4.69, 9.17) is 13.9 Å². The SMILES string of the molecule is Cc1cc(C[C@@H](OC(=O)N2CCC(N3CCc4ccccc4NC3=O)CC2)C(=O)N2CCC(C3CCN(C(=O)CCC(=O)OCCN4CCCC4=O)CC3)CC2)cc2oc(=O)n(C)c12. The number of likely N-dealkylation sites (tertiary alicyclic amines) is 4. The molecule has 0 saturated carbocycles. The summed E-state index contributed by atoms with van der Waals surface area (Å²) in [4.78, 5) is 99.7. The van der Waals surface area contributed by atoms with Crippen LogP contribution < -0.4 is 11.1 Å². The Balaban J connectivity index is 0.834. The number of urea groups is 1. The summed E-state index contributed by atoms with van der Waals surface area (Å²) < 4.78 is 18.4. The number of aromatic nitrogens is 1. The molecule has 6 heterocycles. The molecule has 8 rings (SSSR count). The second kappa shape index (κ2) is 19.9. The number of carbonyl (C=O) groups excluding carboxylic acids is 6. The van der Waals surface area contributed by atoms with Gasteiger partial charge in [0.1, 0.15) is 6.61 Å². The van der Waals surface area contributed by atoms with Crippen LogP contribution in [0.3, 0.4) is 0 Å². The van der Waals surface area contributed by atoms with Crippen molar-refractivity contribution >= 4 is 52.6 Å². The van der Waals surface area contributed by atoms with Gasteiger partial charge in [-0.25, -0.2) is 14.4 Å². The monoisotopic (exact) mass is 883 g/mol. The topological polar surface area (TPSA) is 184 Å². The van der Waals surface area contributed by atoms with Crippen LogP contribution in [0.4, 0.5) is 15.3 Å². The molecule has 1 N–H and O–H groups in total. The van der Waals surface area contributed by atoms with Gasteiger partial charge in [0, 0.05) is 90.4 Å². The fourth-order valence-electron chi connectivity index (χ4n) is 10.5. The maximum atomic E-state index is 14.4. The Kier molecular flexibility index (Phi) is 13.9. The normalized spacial score (nSPS) is 19.7. The Morgan fingerprint density at radius 1 is 0.812 bits per heavy atom. The number of hydrogen-bond acceptors (Lipinski definition) is 10. The van der Waals surface area contributed by atoms with Crippen molar-refractivity contribution in [3.63, 3.8) is 0 Å². The Morgan fingerprint density at radius 2 is 1.50 bits per heavy atom. The number of esters is 1. The third kappa shape index (κ3) is 10.2. The first kappa shape index (κ1) is 44.7. The number of benzene rings is 2. The highest BCUT2D eigenvalue weighted by atomic mass is 16.6. The van der Waals surface area contributed by atoms with Crippen molar-refractivity contribution in [2.24, 2.45) is 18.9 Å². The van der Waals surface area contributed by atoms with Crippen molar-refractivity contribution in [2.75, 3.05) is 70.8 Å². The van der Waals surface area contributed by atoms with E-state index in [1.165, 1.54) is 4.57 Å². The van der Waals surface area contributed by atoms with Crippen LogP contribution in [0.1, 0.15) is 80.9 Å². The van der Waals surface area contributed by atoms with Gasteiger partial charge in [-0.2, -0.15) is 0 Å². The van der Waals surface area contributed by atoms with Crippen LogP contribution in [0.2, 0.25) is 0 Å². The van der Waals surface area contributed by atoms with Crippen molar-refractivity contribution < 1.29 is 42.7 Å². The maximum Gasteiger partial charge on any atom is 0.419 e. The summed E-state index contributed by atoms with van der Waals surface area (Å²) in [5.41, 5.74) is 4.51. The van der Waals surface area contributed by atoms with Crippen LogP contribution in [0.5, 0.6) is 0 Å². The van der Waals surface area contributed by atoms with E-state index in [1.54, 1.807) is 27.8 Å². The lowest BCUT2D eigenvalue weighted by molar-refractivity contribution is -0.147. The van der Waals surface area contributed by atoms with Gasteiger partial charge >= 0.3 is 23.8 Å². The van der Waals surface area contributed by atoms with E-state index in [-0.39, 0.29) is 55.7 Å². The number of nitrogens with one attached hydrogen (secondary N) is 1. The van der Waals surface area contributed by atoms with E-state index >= 15 is 0 Å². The van der Waals surface area contributed by atoms with Gasteiger partial charge in [-0.05, 0) is 98.9 Å². The molecular formula is C47H61N7O10. The van der Waals surface area contributed by atoms with Crippen molar-refractivity contribution in [3.05, 3.63) is 63.6 Å². The molecule has 0 unspecified atom stereocenters. The Morgan fingerprint density at radius 3 is 2.20 bits per heavy atom. The molecular weight excluding hydrogens is 823 g/mol. The summed E-state index contributed by atoms with van der Waals surface area (Å²) >= 11 is 0. The molecule has 344 valence electrons. The van der Waals surface area contributed by atoms with E-state index in [0.717, 1.165) is 55.3 Å². The summed E-state index contributed by atoms with van der Waals surface area (Å²) in [6.07, 6.45) is 5.10. The van der Waals surface area contributed by atoms with Crippen LogP contribution in [-0.2, 0) is 48.5 Å². The zero-order chi connectivity index (χ0) is 44.9. The summed E-state index contributed by atoms with van der Waals surface area (Å²) in [5, 5.41) is 3.04. The van der Waals surface area contributed by atoms with E-state index in [0.29, 0.717) is 107 Å². The van der Waals surface area contributed by atoms with Gasteiger partial charge in [-0.3, -0.25) is 23.7 Å². The number of carbonyl (C=O) groups is 6. The predicted octanol–water partition coefficient (Wildman–Crippen LogP) is 4.47. The van der Waals surface area contributed by atoms with E-state index in [2.05, 4.69) is 5.32 Å². The Hall–Kier alpha value is -5.87. The lowest BCUT2D eigenvalue weighted by Gasteiger charge is -2.41. The molecule has 2 aromatic carbocycles. The van der Waals surface area contributed by atoms with E-state index in [1.807, 2.05) is 47.1 Å². The summed E-state index contributed by atoms with van der Waals surface area (Å²) in [7, 11) is 1.65. The van der Waals surface area contributed by atoms with Gasteiger partial charge in [-0.1, -0.05) is 24.3 Å². The lowest BCUT2D eigenvalue weighted by atomic mass is 9.78. The molecule has 4 fully saturated rings. The first-order chi connectivity index (χ1) is 30.9. The highest BCUT2D eigenvalue weighted by molar-refractivity contribution is 5.91. The zero-order valence-corrected chi connectivity index (χ0v) is 37.1. The average molecular weight is 884 g/mol. The third-order valence-corrected chi connectivity index (χ3v) is 14.1. The molecule has 0 spiro atoms. The van der Waals surface area contributed by atoms with Crippen molar-refractivity contribution in [2.45, 2.75) is 96.1 Å². The molecule has 0 radical (unpaired) electrons. The standard InChI is InChI=1S/C47H61N7O10/c1-31-28-32(29-38-43(31)49(2)46(60)63-38)30-39(64-47(61)53-23-16-36(17-24-53)54-25-15-35-6-3-4-7-37(35)48-45(54)59)44(58)52-21-13-34(14-22-52)33-11-19-51(20-12-33)41(56)9-10-42(57)62-27-26-50-18-5-8-40(50)55/h3-4,6-7,28-29,33-34,36,39H,5,8-27,30H2,1-2H3,(H,48,59)/t39-/m1/s1. The highest BCUT2D eigenvalue weighted by Crippen LogP contribution is 2.34. The van der Waals surface area contributed by atoms with Crippen LogP contribution in [0.15, 0.2) is 45.6 Å². The van der Waals surface area contributed by atoms with Crippen LogP contribution >= 0.6 is 0 Å². The third-order valence-electron chi connectivity index (χ3n) is 14.1. The number of amides is 6. The van der Waals surface area contributed by atoms with Gasteiger partial charge in [0.15, 0.2) is 11.7 Å². The molecule has 0 bridgehead atoms. The molecule has 17 nitrogen and oxygen atoms in total. The predicted molar refractivity (Wildman–Crippen MR) is 235 cm³/mol. The maximum absolute atomic E-state index is 14.4. The van der Waals surface area contributed by atoms with Gasteiger partial charge in [-0.15, -0.1) is 0 Å². The number of hydrogen-bond donors (Lipinski definition) is 1. The fourth-order valence-corrected chi connectivity index (χ4v) is 10.5. The fraction of sp³-hybridized carbons (Fsp3) is 0.596. The number of nitrogens with zero attached hydrogens (tertiary/aromatic N) is 6. The van der Waals surface area contributed by atoms with Crippen LogP contribution in [0, 0.1) is 18.8 Å². The van der Waals surface area contributed by atoms with E-state index in [9.17, 15) is 33.6 Å². The van der Waals surface area contributed by atoms with Gasteiger partial charge in [0.2, 0.25) is 11.8 Å². The first-order valence-electron chi connectivity index (χ1n) is 23.1. The number of oxazole rings is 1. The van der Waals surface area contributed by atoms with Crippen molar-refractivity contribution in [1.82, 2.24) is 29.1 Å². The zero-order valence-electron chi connectivity index (χ0n) is 37.1. The number of rotatable bonds is 12. The average Bonchev–Trinajstić information content (AvgIpc) is 3.79. The van der Waals surface area contributed by atoms with Crippen molar-refractivity contribution in [1.29, 1.82) is 0 Å². The molecule has 1 atom stereocenters. The number of para-hydroxylation sites is 1. The number of aryl methyl sites for hydroxylation is 2. The molecule has 17 heteroatoms. The number of anilines is 1. The minimum absolute atomic E-state index is 0.0136. The molecule has 64 heavy (non-hydrogen) atoms. The second-order valence-electron chi connectivity index (χ2n) is 18.1. The minimum atomic E-state index is -1.11. The quantitative estimate of drug-likeness (QED) is 0.255. The summed E-state index contributed by atoms with van der Waals surface area (Å²) in [6, 6.07) is 11.3. The molecule has 5 aliphatic rings. The number of piperidine rings is 3. The van der Waals surface area contributed by atoms with Gasteiger partial charge < -0.3 is 43.7 Å². The summed E-state index contributed by atoms with van der Waals surface area (Å²) in [6.45, 7) is 6.72. The van der Waals surface area contributed by atoms with Crippen LogP contribution in [0.25, 0.3) is 11.1 Å². The van der Waals surface area contributed by atoms with E-state index < -0.39 is 23.9 Å². The minimum Gasteiger partial charge on any atom is -0.464 e. The Labute approximate surface area is 372 Å². The molecule has 6 amide bonds. The molecule has 3 aromatic rings. The number of ether oxygens (including phenoxy) is 2. The largest absolute Gasteiger partial charge is 0.464 e. The molecule has 0 aliphatic carbocycles. The van der Waals surface area contributed by atoms with Crippen LogP contribution in [-0.4, -0.2) is 143 Å². The van der Waals surface area contributed by atoms with Gasteiger partial charge in [0.05, 0.1) is 18.5 Å². The molecule has 1 aromatic heterocycles.